The molecule has 2 aromatic rings. The van der Waals surface area contributed by atoms with Crippen molar-refractivity contribution in [3.63, 3.8) is 0 Å². The van der Waals surface area contributed by atoms with E-state index in [0.29, 0.717) is 27.0 Å². The van der Waals surface area contributed by atoms with Crippen LogP contribution < -0.4 is 5.32 Å². The van der Waals surface area contributed by atoms with Gasteiger partial charge in [0.15, 0.2) is 0 Å². The van der Waals surface area contributed by atoms with Crippen LogP contribution in [0.2, 0.25) is 10.0 Å². The average Bonchev–Trinajstić information content (AvgIpc) is 2.42. The molecule has 1 N–H and O–H groups in total. The molecule has 21 heavy (non-hydrogen) atoms. The number of carbonyl (C=O) groups is 1. The molecule has 0 aliphatic rings. The first-order valence-electron chi connectivity index (χ1n) is 6.11. The van der Waals surface area contributed by atoms with Gasteiger partial charge in [-0.1, -0.05) is 29.3 Å². The molecule has 0 aromatic heterocycles. The molecule has 2 rings (SSSR count). The number of anilines is 1. The first-order chi connectivity index (χ1) is 9.95. The van der Waals surface area contributed by atoms with E-state index in [1.165, 1.54) is 0 Å². The van der Waals surface area contributed by atoms with Gasteiger partial charge in [-0.05, 0) is 42.0 Å². The standard InChI is InChI=1S/C15H13Cl2NO2S/c1-21(20)9-11-8-13(5-6-14(11)17)18-15(19)10-3-2-4-12(16)7-10/h2-8H,9H2,1H3,(H,18,19)/t21-/m1/s1. The van der Waals surface area contributed by atoms with Crippen molar-refractivity contribution in [2.75, 3.05) is 11.6 Å². The van der Waals surface area contributed by atoms with E-state index in [4.69, 9.17) is 23.2 Å². The molecule has 0 radical (unpaired) electrons. The van der Waals surface area contributed by atoms with Crippen LogP contribution in [0.3, 0.4) is 0 Å². The second kappa shape index (κ2) is 7.07. The van der Waals surface area contributed by atoms with Gasteiger partial charge in [-0.15, -0.1) is 0 Å². The van der Waals surface area contributed by atoms with Crippen molar-refractivity contribution in [3.8, 4) is 0 Å². The van der Waals surface area contributed by atoms with Crippen LogP contribution in [0.25, 0.3) is 0 Å². The predicted octanol–water partition coefficient (Wildman–Crippen LogP) is 4.12. The smallest absolute Gasteiger partial charge is 0.255 e. The lowest BCUT2D eigenvalue weighted by Gasteiger charge is -2.09. The first kappa shape index (κ1) is 16.0. The number of nitrogens with one attached hydrogen (secondary N) is 1. The summed E-state index contributed by atoms with van der Waals surface area (Å²) in [4.78, 5) is 12.1. The van der Waals surface area contributed by atoms with Gasteiger partial charge in [0.05, 0.1) is 0 Å². The number of hydrogen-bond acceptors (Lipinski definition) is 2. The number of amides is 1. The fraction of sp³-hybridized carbons (Fsp3) is 0.133. The molecule has 0 aliphatic carbocycles. The third-order valence-corrected chi connectivity index (χ3v) is 4.07. The molecule has 0 saturated carbocycles. The minimum atomic E-state index is -1.00. The number of carbonyl (C=O) groups excluding carboxylic acids is 1. The van der Waals surface area contributed by atoms with Crippen LogP contribution in [0.1, 0.15) is 15.9 Å². The van der Waals surface area contributed by atoms with E-state index in [0.717, 1.165) is 5.56 Å². The van der Waals surface area contributed by atoms with E-state index in [1.807, 2.05) is 0 Å². The van der Waals surface area contributed by atoms with Crippen LogP contribution in [0.4, 0.5) is 5.69 Å². The van der Waals surface area contributed by atoms with E-state index >= 15 is 0 Å². The summed E-state index contributed by atoms with van der Waals surface area (Å²) in [6, 6.07) is 11.8. The molecular weight excluding hydrogens is 329 g/mol. The minimum Gasteiger partial charge on any atom is -0.322 e. The molecule has 0 aliphatic heterocycles. The summed E-state index contributed by atoms with van der Waals surface area (Å²) < 4.78 is 11.3. The largest absolute Gasteiger partial charge is 0.322 e. The number of benzene rings is 2. The third kappa shape index (κ3) is 4.56. The summed E-state index contributed by atoms with van der Waals surface area (Å²) in [5.74, 6) is 0.0862. The van der Waals surface area contributed by atoms with Gasteiger partial charge in [0.2, 0.25) is 0 Å². The molecule has 1 atom stereocenters. The molecule has 6 heteroatoms. The Hall–Kier alpha value is -1.36. The van der Waals surface area contributed by atoms with Crippen molar-refractivity contribution in [1.29, 1.82) is 0 Å². The zero-order chi connectivity index (χ0) is 15.4. The predicted molar refractivity (Wildman–Crippen MR) is 88.6 cm³/mol. The van der Waals surface area contributed by atoms with Gasteiger partial charge in [0, 0.05) is 44.1 Å². The van der Waals surface area contributed by atoms with Crippen LogP contribution in [0.15, 0.2) is 42.5 Å². The van der Waals surface area contributed by atoms with Crippen LogP contribution in [0.5, 0.6) is 0 Å². The first-order valence-corrected chi connectivity index (χ1v) is 8.59. The van der Waals surface area contributed by atoms with E-state index in [-0.39, 0.29) is 5.91 Å². The Bertz CT molecular complexity index is 704. The van der Waals surface area contributed by atoms with Gasteiger partial charge in [-0.25, -0.2) is 0 Å². The Kier molecular flexibility index (Phi) is 5.39. The zero-order valence-electron chi connectivity index (χ0n) is 11.2. The molecule has 3 nitrogen and oxygen atoms in total. The van der Waals surface area contributed by atoms with Gasteiger partial charge >= 0.3 is 0 Å². The third-order valence-electron chi connectivity index (χ3n) is 2.75. The van der Waals surface area contributed by atoms with Crippen LogP contribution in [-0.4, -0.2) is 16.4 Å². The summed E-state index contributed by atoms with van der Waals surface area (Å²) in [5, 5.41) is 3.81. The van der Waals surface area contributed by atoms with Crippen molar-refractivity contribution in [3.05, 3.63) is 63.6 Å². The molecule has 0 unspecified atom stereocenters. The number of rotatable bonds is 4. The fourth-order valence-electron chi connectivity index (χ4n) is 1.82. The summed E-state index contributed by atoms with van der Waals surface area (Å²) >= 11 is 11.9. The molecule has 1 amide bonds. The lowest BCUT2D eigenvalue weighted by Crippen LogP contribution is -2.12. The van der Waals surface area contributed by atoms with Crippen LogP contribution >= 0.6 is 23.2 Å². The highest BCUT2D eigenvalue weighted by molar-refractivity contribution is 7.83. The normalized spacial score (nSPS) is 12.0. The summed E-state index contributed by atoms with van der Waals surface area (Å²) in [6.45, 7) is 0. The van der Waals surface area contributed by atoms with Gasteiger partial charge in [-0.3, -0.25) is 9.00 Å². The van der Waals surface area contributed by atoms with Crippen LogP contribution in [0, 0.1) is 0 Å². The molecule has 110 valence electrons. The van der Waals surface area contributed by atoms with Gasteiger partial charge in [-0.2, -0.15) is 0 Å². The SMILES string of the molecule is C[S@@](=O)Cc1cc(NC(=O)c2cccc(Cl)c2)ccc1Cl. The summed E-state index contributed by atoms with van der Waals surface area (Å²) in [6.07, 6.45) is 1.60. The Labute approximate surface area is 135 Å². The number of halogens is 2. The highest BCUT2D eigenvalue weighted by Crippen LogP contribution is 2.22. The second-order valence-electron chi connectivity index (χ2n) is 4.49. The van der Waals surface area contributed by atoms with Crippen molar-refractivity contribution in [1.82, 2.24) is 0 Å². The maximum atomic E-state index is 12.1. The topological polar surface area (TPSA) is 46.2 Å². The molecule has 0 saturated heterocycles. The lowest BCUT2D eigenvalue weighted by molar-refractivity contribution is 0.102. The summed E-state index contributed by atoms with van der Waals surface area (Å²) in [5.41, 5.74) is 1.81. The minimum absolute atomic E-state index is 0.261. The molecule has 2 aromatic carbocycles. The summed E-state index contributed by atoms with van der Waals surface area (Å²) in [7, 11) is -1.00. The van der Waals surface area contributed by atoms with Crippen molar-refractivity contribution in [2.45, 2.75) is 5.75 Å². The van der Waals surface area contributed by atoms with Crippen molar-refractivity contribution >= 4 is 45.6 Å². The van der Waals surface area contributed by atoms with Crippen molar-refractivity contribution < 1.29 is 9.00 Å². The highest BCUT2D eigenvalue weighted by Gasteiger charge is 2.09. The van der Waals surface area contributed by atoms with Gasteiger partial charge in [0.1, 0.15) is 0 Å². The van der Waals surface area contributed by atoms with Gasteiger partial charge < -0.3 is 5.32 Å². The van der Waals surface area contributed by atoms with E-state index in [9.17, 15) is 9.00 Å². The van der Waals surface area contributed by atoms with E-state index < -0.39 is 10.8 Å². The second-order valence-corrected chi connectivity index (χ2v) is 6.77. The zero-order valence-corrected chi connectivity index (χ0v) is 13.6. The molecule has 0 bridgehead atoms. The fourth-order valence-corrected chi connectivity index (χ4v) is 2.95. The Morgan fingerprint density at radius 2 is 1.95 bits per heavy atom. The molecule has 0 fully saturated rings. The Morgan fingerprint density at radius 1 is 1.19 bits per heavy atom. The van der Waals surface area contributed by atoms with Crippen LogP contribution in [-0.2, 0) is 16.6 Å². The van der Waals surface area contributed by atoms with E-state index in [2.05, 4.69) is 5.32 Å². The average molecular weight is 342 g/mol. The highest BCUT2D eigenvalue weighted by atomic mass is 35.5. The maximum Gasteiger partial charge on any atom is 0.255 e. The number of hydrogen-bond donors (Lipinski definition) is 1. The molecule has 0 spiro atoms. The molecule has 0 heterocycles. The maximum absolute atomic E-state index is 12.1. The van der Waals surface area contributed by atoms with Gasteiger partial charge in [0.25, 0.3) is 5.91 Å². The quantitative estimate of drug-likeness (QED) is 0.908. The molecular formula is C15H13Cl2NO2S. The Balaban J connectivity index is 2.19. The lowest BCUT2D eigenvalue weighted by atomic mass is 10.2. The Morgan fingerprint density at radius 3 is 2.62 bits per heavy atom. The van der Waals surface area contributed by atoms with Crippen molar-refractivity contribution in [2.24, 2.45) is 0 Å². The monoisotopic (exact) mass is 341 g/mol. The van der Waals surface area contributed by atoms with E-state index in [1.54, 1.807) is 48.7 Å².